The summed E-state index contributed by atoms with van der Waals surface area (Å²) in [7, 11) is 0. The number of hydrogen-bond donors (Lipinski definition) is 2. The summed E-state index contributed by atoms with van der Waals surface area (Å²) in [6.07, 6.45) is 4.11. The molecule has 2 atom stereocenters. The van der Waals surface area contributed by atoms with E-state index in [0.29, 0.717) is 0 Å². The van der Waals surface area contributed by atoms with E-state index < -0.39 is 0 Å². The number of carbonyl (C=O) groups excluding carboxylic acids is 1. The molecule has 0 radical (unpaired) electrons. The smallest absolute Gasteiger partial charge is 0.237 e. The fourth-order valence-corrected chi connectivity index (χ4v) is 2.48. The van der Waals surface area contributed by atoms with Crippen molar-refractivity contribution in [3.8, 4) is 0 Å². The molecule has 1 aromatic carbocycles. The highest BCUT2D eigenvalue weighted by Gasteiger charge is 2.24. The van der Waals surface area contributed by atoms with Crippen LogP contribution in [0.2, 0.25) is 0 Å². The molecule has 1 amide bonds. The lowest BCUT2D eigenvalue weighted by atomic mass is 10.0. The number of benzene rings is 1. The molecule has 1 heterocycles. The van der Waals surface area contributed by atoms with Gasteiger partial charge in [-0.25, -0.2) is 0 Å². The number of amides is 1. The molecule has 0 aromatic heterocycles. The Bertz CT molecular complexity index is 371. The van der Waals surface area contributed by atoms with E-state index in [4.69, 9.17) is 0 Å². The summed E-state index contributed by atoms with van der Waals surface area (Å²) in [5.74, 6) is 0.148. The van der Waals surface area contributed by atoms with E-state index >= 15 is 0 Å². The van der Waals surface area contributed by atoms with Crippen LogP contribution >= 0.6 is 0 Å². The van der Waals surface area contributed by atoms with Crippen molar-refractivity contribution in [2.45, 2.75) is 44.7 Å². The van der Waals surface area contributed by atoms with Crippen molar-refractivity contribution in [2.24, 2.45) is 0 Å². The van der Waals surface area contributed by atoms with Crippen LogP contribution in [0.4, 0.5) is 0 Å². The first-order valence-corrected chi connectivity index (χ1v) is 6.90. The van der Waals surface area contributed by atoms with Gasteiger partial charge >= 0.3 is 0 Å². The van der Waals surface area contributed by atoms with Crippen LogP contribution in [-0.4, -0.2) is 18.5 Å². The first kappa shape index (κ1) is 13.1. The van der Waals surface area contributed by atoms with Gasteiger partial charge in [0.05, 0.1) is 12.1 Å². The number of hydrogen-bond acceptors (Lipinski definition) is 2. The third kappa shape index (κ3) is 3.33. The van der Waals surface area contributed by atoms with Crippen molar-refractivity contribution in [1.82, 2.24) is 10.6 Å². The number of rotatable bonds is 5. The van der Waals surface area contributed by atoms with Crippen LogP contribution in [0.3, 0.4) is 0 Å². The van der Waals surface area contributed by atoms with Gasteiger partial charge < -0.3 is 10.6 Å². The second-order valence-corrected chi connectivity index (χ2v) is 4.91. The van der Waals surface area contributed by atoms with E-state index in [-0.39, 0.29) is 18.0 Å². The fourth-order valence-electron chi connectivity index (χ4n) is 2.48. The van der Waals surface area contributed by atoms with Crippen molar-refractivity contribution in [2.75, 3.05) is 6.54 Å². The minimum atomic E-state index is 0.00747. The van der Waals surface area contributed by atoms with Crippen molar-refractivity contribution in [1.29, 1.82) is 0 Å². The molecule has 1 saturated heterocycles. The molecule has 1 fully saturated rings. The monoisotopic (exact) mass is 246 g/mol. The zero-order valence-electron chi connectivity index (χ0n) is 11.0. The van der Waals surface area contributed by atoms with Gasteiger partial charge in [-0.2, -0.15) is 0 Å². The van der Waals surface area contributed by atoms with E-state index in [1.54, 1.807) is 0 Å². The molecule has 3 heteroatoms. The van der Waals surface area contributed by atoms with Gasteiger partial charge in [-0.15, -0.1) is 0 Å². The lowest BCUT2D eigenvalue weighted by Gasteiger charge is -2.21. The van der Waals surface area contributed by atoms with Gasteiger partial charge in [-0.3, -0.25) is 4.79 Å². The first-order valence-electron chi connectivity index (χ1n) is 6.90. The molecule has 0 spiro atoms. The second kappa shape index (κ2) is 6.55. The predicted octanol–water partition coefficient (Wildman–Crippen LogP) is 2.40. The average molecular weight is 246 g/mol. The Labute approximate surface area is 109 Å². The highest BCUT2D eigenvalue weighted by atomic mass is 16.2. The molecule has 0 saturated carbocycles. The van der Waals surface area contributed by atoms with E-state index in [2.05, 4.69) is 29.7 Å². The SMILES string of the molecule is CCCC(NC(=O)[C@@H]1CCCN1)c1ccccc1. The third-order valence-corrected chi connectivity index (χ3v) is 3.47. The zero-order valence-corrected chi connectivity index (χ0v) is 11.0. The Morgan fingerprint density at radius 1 is 1.44 bits per heavy atom. The molecule has 3 nitrogen and oxygen atoms in total. The second-order valence-electron chi connectivity index (χ2n) is 4.91. The van der Waals surface area contributed by atoms with Gasteiger partial charge in [0.1, 0.15) is 0 Å². The number of carbonyl (C=O) groups is 1. The van der Waals surface area contributed by atoms with Crippen LogP contribution in [0.15, 0.2) is 30.3 Å². The summed E-state index contributed by atoms with van der Waals surface area (Å²) in [5, 5.41) is 6.42. The van der Waals surface area contributed by atoms with Crippen molar-refractivity contribution in [3.63, 3.8) is 0 Å². The predicted molar refractivity (Wildman–Crippen MR) is 73.3 cm³/mol. The highest BCUT2D eigenvalue weighted by Crippen LogP contribution is 2.19. The summed E-state index contributed by atoms with van der Waals surface area (Å²) >= 11 is 0. The minimum absolute atomic E-state index is 0.00747. The summed E-state index contributed by atoms with van der Waals surface area (Å²) in [5.41, 5.74) is 1.20. The standard InChI is InChI=1S/C15H22N2O/c1-2-7-13(12-8-4-3-5-9-12)17-15(18)14-10-6-11-16-14/h3-5,8-9,13-14,16H,2,6-7,10-11H2,1H3,(H,17,18)/t13?,14-/m0/s1. The van der Waals surface area contributed by atoms with Crippen LogP contribution in [0.5, 0.6) is 0 Å². The maximum absolute atomic E-state index is 12.1. The molecular formula is C15H22N2O. The largest absolute Gasteiger partial charge is 0.348 e. The quantitative estimate of drug-likeness (QED) is 0.837. The maximum Gasteiger partial charge on any atom is 0.237 e. The molecule has 2 rings (SSSR count). The van der Waals surface area contributed by atoms with E-state index in [1.165, 1.54) is 5.56 Å². The molecule has 1 aliphatic heterocycles. The van der Waals surface area contributed by atoms with Crippen LogP contribution < -0.4 is 10.6 Å². The van der Waals surface area contributed by atoms with Crippen molar-refractivity contribution < 1.29 is 4.79 Å². The van der Waals surface area contributed by atoms with E-state index in [1.807, 2.05) is 18.2 Å². The zero-order chi connectivity index (χ0) is 12.8. The molecule has 0 aliphatic carbocycles. The van der Waals surface area contributed by atoms with Gasteiger partial charge in [0.25, 0.3) is 0 Å². The highest BCUT2D eigenvalue weighted by molar-refractivity contribution is 5.82. The summed E-state index contributed by atoms with van der Waals surface area (Å²) < 4.78 is 0. The van der Waals surface area contributed by atoms with Crippen molar-refractivity contribution >= 4 is 5.91 Å². The molecule has 1 unspecified atom stereocenters. The van der Waals surface area contributed by atoms with Gasteiger partial charge in [-0.1, -0.05) is 43.7 Å². The number of nitrogens with one attached hydrogen (secondary N) is 2. The topological polar surface area (TPSA) is 41.1 Å². The van der Waals surface area contributed by atoms with Gasteiger partial charge in [-0.05, 0) is 31.4 Å². The van der Waals surface area contributed by atoms with Crippen LogP contribution in [-0.2, 0) is 4.79 Å². The van der Waals surface area contributed by atoms with Gasteiger partial charge in [0.15, 0.2) is 0 Å². The summed E-state index contributed by atoms with van der Waals surface area (Å²) in [6.45, 7) is 3.11. The maximum atomic E-state index is 12.1. The first-order chi connectivity index (χ1) is 8.81. The molecule has 98 valence electrons. The Kier molecular flexibility index (Phi) is 4.76. The molecule has 1 aliphatic rings. The minimum Gasteiger partial charge on any atom is -0.348 e. The molecular weight excluding hydrogens is 224 g/mol. The van der Waals surface area contributed by atoms with Crippen molar-refractivity contribution in [3.05, 3.63) is 35.9 Å². The van der Waals surface area contributed by atoms with Crippen LogP contribution in [0, 0.1) is 0 Å². The van der Waals surface area contributed by atoms with Gasteiger partial charge in [0, 0.05) is 0 Å². The average Bonchev–Trinajstić information content (AvgIpc) is 2.93. The molecule has 2 N–H and O–H groups in total. The molecule has 0 bridgehead atoms. The Balaban J connectivity index is 1.99. The third-order valence-electron chi connectivity index (χ3n) is 3.47. The lowest BCUT2D eigenvalue weighted by molar-refractivity contribution is -0.123. The van der Waals surface area contributed by atoms with Gasteiger partial charge in [0.2, 0.25) is 5.91 Å². The van der Waals surface area contributed by atoms with E-state index in [0.717, 1.165) is 32.2 Å². The Morgan fingerprint density at radius 2 is 2.22 bits per heavy atom. The lowest BCUT2D eigenvalue weighted by Crippen LogP contribution is -2.42. The normalized spacial score (nSPS) is 20.6. The summed E-state index contributed by atoms with van der Waals surface area (Å²) in [6, 6.07) is 10.4. The summed E-state index contributed by atoms with van der Waals surface area (Å²) in [4.78, 5) is 12.1. The fraction of sp³-hybridized carbons (Fsp3) is 0.533. The Hall–Kier alpha value is -1.35. The molecule has 18 heavy (non-hydrogen) atoms. The van der Waals surface area contributed by atoms with E-state index in [9.17, 15) is 4.79 Å². The van der Waals surface area contributed by atoms with Crippen LogP contribution in [0.25, 0.3) is 0 Å². The van der Waals surface area contributed by atoms with Crippen LogP contribution in [0.1, 0.15) is 44.2 Å². The Morgan fingerprint density at radius 3 is 2.83 bits per heavy atom. The molecule has 1 aromatic rings.